The molecule has 3 aromatic carbocycles. The largest absolute Gasteiger partial charge is 0.493 e. The molecule has 0 aliphatic rings. The number of nitrogens with zero attached hydrogens (tertiary/aromatic N) is 3. The van der Waals surface area contributed by atoms with E-state index in [4.69, 9.17) is 43.4 Å². The molecule has 0 aliphatic carbocycles. The lowest BCUT2D eigenvalue weighted by Gasteiger charge is -2.21. The minimum Gasteiger partial charge on any atom is -0.493 e. The molecule has 1 aromatic heterocycles. The summed E-state index contributed by atoms with van der Waals surface area (Å²) in [5.41, 5.74) is 5.79. The van der Waals surface area contributed by atoms with Gasteiger partial charge in [-0.3, -0.25) is 0 Å². The zero-order valence-electron chi connectivity index (χ0n) is 69.8. The lowest BCUT2D eigenvalue weighted by atomic mass is 10.0. The van der Waals surface area contributed by atoms with Crippen molar-refractivity contribution in [2.75, 3.05) is 55.6 Å². The van der Waals surface area contributed by atoms with Crippen molar-refractivity contribution in [3.8, 4) is 34.5 Å². The summed E-state index contributed by atoms with van der Waals surface area (Å²) in [6, 6.07) is 13.1. The van der Waals surface area contributed by atoms with Crippen LogP contribution < -0.4 is 44.4 Å². The Morgan fingerprint density at radius 2 is 0.352 bits per heavy atom. The Hall–Kier alpha value is -5.13. The second-order valence-corrected chi connectivity index (χ2v) is 30.8. The number of anilines is 6. The third-order valence-electron chi connectivity index (χ3n) is 20.8. The Kier molecular flexibility index (Phi) is 57.0. The number of hydrogen-bond acceptors (Lipinski definition) is 12. The molecule has 105 heavy (non-hydrogen) atoms. The van der Waals surface area contributed by atoms with Gasteiger partial charge in [-0.15, -0.1) is 0 Å². The quantitative estimate of drug-likeness (QED) is 0.0364. The maximum atomic E-state index is 6.78. The number of unbranched alkanes of at least 4 members (excludes halogenated alkanes) is 45. The van der Waals surface area contributed by atoms with Gasteiger partial charge in [0.05, 0.1) is 56.7 Å². The molecule has 4 rings (SSSR count). The number of nitrogens with one attached hydrogen (secondary N) is 3. The van der Waals surface area contributed by atoms with Crippen molar-refractivity contribution in [3.63, 3.8) is 0 Å². The monoisotopic (exact) mass is 1460 g/mol. The van der Waals surface area contributed by atoms with Crippen molar-refractivity contribution in [1.29, 1.82) is 0 Å². The molecule has 12 heteroatoms. The minimum atomic E-state index is 0.346. The predicted molar refractivity (Wildman–Crippen MR) is 453 cm³/mol. The van der Waals surface area contributed by atoms with Gasteiger partial charge in [0.1, 0.15) is 34.5 Å². The van der Waals surface area contributed by atoms with Crippen LogP contribution in [0, 0.1) is 0 Å². The average Bonchev–Trinajstić information content (AvgIpc) is 0.816. The first-order valence-electron chi connectivity index (χ1n) is 45.2. The summed E-state index contributed by atoms with van der Waals surface area (Å²) in [5, 5.41) is 11.1. The van der Waals surface area contributed by atoms with Crippen LogP contribution in [0.25, 0.3) is 0 Å². The molecule has 0 amide bonds. The summed E-state index contributed by atoms with van der Waals surface area (Å²) in [5.74, 6) is 5.98. The van der Waals surface area contributed by atoms with E-state index in [1.807, 2.05) is 0 Å². The molecule has 0 saturated heterocycles. The molecule has 0 fully saturated rings. The number of aromatic nitrogens is 3. The Morgan fingerprint density at radius 1 is 0.190 bits per heavy atom. The second-order valence-electron chi connectivity index (χ2n) is 30.8. The SMILES string of the molecule is CCCCCCCCCCCCCCCCc1cc(OCCCC)c(Nc2nc(Nc3cc(OCCCC)c(CCCCCCCCCCCCCCCC)cc3OCCCC)nc(Nc3cc(OCCCC)c(CCCCCCCCCCCCCCCC)cc3OCCCC)n2)cc1OCCCC. The summed E-state index contributed by atoms with van der Waals surface area (Å²) in [4.78, 5) is 15.8. The molecular formula is C93H162N6O6. The zero-order chi connectivity index (χ0) is 74.9. The van der Waals surface area contributed by atoms with Gasteiger partial charge in [0, 0.05) is 18.2 Å². The Bertz CT molecular complexity index is 2390. The van der Waals surface area contributed by atoms with E-state index < -0.39 is 0 Å². The number of ether oxygens (including phenoxy) is 6. The van der Waals surface area contributed by atoms with E-state index in [2.05, 4.69) is 115 Å². The van der Waals surface area contributed by atoms with Crippen molar-refractivity contribution in [2.45, 2.75) is 428 Å². The highest BCUT2D eigenvalue weighted by Crippen LogP contribution is 2.41. The van der Waals surface area contributed by atoms with Crippen LogP contribution in [-0.2, 0) is 19.3 Å². The van der Waals surface area contributed by atoms with Gasteiger partial charge >= 0.3 is 0 Å². The molecule has 0 saturated carbocycles. The summed E-state index contributed by atoms with van der Waals surface area (Å²) >= 11 is 0. The fourth-order valence-corrected chi connectivity index (χ4v) is 13.8. The van der Waals surface area contributed by atoms with Crippen molar-refractivity contribution in [1.82, 2.24) is 15.0 Å². The van der Waals surface area contributed by atoms with Crippen molar-refractivity contribution >= 4 is 34.9 Å². The molecule has 1 heterocycles. The van der Waals surface area contributed by atoms with Gasteiger partial charge in [0.2, 0.25) is 17.8 Å². The molecule has 0 bridgehead atoms. The van der Waals surface area contributed by atoms with Gasteiger partial charge in [0.25, 0.3) is 0 Å². The van der Waals surface area contributed by atoms with Crippen molar-refractivity contribution in [2.24, 2.45) is 0 Å². The van der Waals surface area contributed by atoms with Crippen LogP contribution in [0.15, 0.2) is 36.4 Å². The number of rotatable bonds is 75. The molecule has 12 nitrogen and oxygen atoms in total. The number of aryl methyl sites for hydroxylation is 3. The normalized spacial score (nSPS) is 11.4. The van der Waals surface area contributed by atoms with Crippen LogP contribution in [0.4, 0.5) is 34.9 Å². The summed E-state index contributed by atoms with van der Waals surface area (Å²) < 4.78 is 40.6. The molecule has 0 spiro atoms. The molecule has 4 aromatic rings. The molecule has 0 radical (unpaired) electrons. The fourth-order valence-electron chi connectivity index (χ4n) is 13.8. The van der Waals surface area contributed by atoms with Gasteiger partial charge in [-0.25, -0.2) is 0 Å². The van der Waals surface area contributed by atoms with Crippen LogP contribution in [-0.4, -0.2) is 54.6 Å². The third-order valence-corrected chi connectivity index (χ3v) is 20.8. The number of hydrogen-bond donors (Lipinski definition) is 3. The highest BCUT2D eigenvalue weighted by molar-refractivity contribution is 5.72. The molecule has 600 valence electrons. The predicted octanol–water partition coefficient (Wildman–Crippen LogP) is 30.2. The molecule has 0 unspecified atom stereocenters. The molecule has 3 N–H and O–H groups in total. The Balaban J connectivity index is 1.75. The van der Waals surface area contributed by atoms with E-state index in [1.54, 1.807) is 0 Å². The molecular weight excluding hydrogens is 1300 g/mol. The zero-order valence-corrected chi connectivity index (χ0v) is 69.8. The first-order chi connectivity index (χ1) is 51.8. The lowest BCUT2D eigenvalue weighted by molar-refractivity contribution is 0.299. The van der Waals surface area contributed by atoms with E-state index in [1.165, 1.54) is 267 Å². The van der Waals surface area contributed by atoms with Gasteiger partial charge in [-0.1, -0.05) is 351 Å². The van der Waals surface area contributed by atoms with Crippen molar-refractivity contribution < 1.29 is 28.4 Å². The lowest BCUT2D eigenvalue weighted by Crippen LogP contribution is -2.11. The van der Waals surface area contributed by atoms with E-state index in [9.17, 15) is 0 Å². The van der Waals surface area contributed by atoms with Crippen LogP contribution in [0.2, 0.25) is 0 Å². The smallest absolute Gasteiger partial charge is 0.233 e. The highest BCUT2D eigenvalue weighted by atomic mass is 16.5. The summed E-state index contributed by atoms with van der Waals surface area (Å²) in [7, 11) is 0. The molecule has 0 aliphatic heterocycles. The number of benzene rings is 3. The summed E-state index contributed by atoms with van der Waals surface area (Å²) in [6.45, 7) is 23.9. The Morgan fingerprint density at radius 3 is 0.533 bits per heavy atom. The van der Waals surface area contributed by atoms with Crippen LogP contribution in [0.3, 0.4) is 0 Å². The van der Waals surface area contributed by atoms with Crippen molar-refractivity contribution in [3.05, 3.63) is 53.1 Å². The van der Waals surface area contributed by atoms with Gasteiger partial charge < -0.3 is 44.4 Å². The van der Waals surface area contributed by atoms with Gasteiger partial charge in [0.15, 0.2) is 0 Å². The standard InChI is InChI=1S/C93H162N6O6/c1-10-19-28-31-34-37-40-43-46-49-52-55-58-61-64-79-73-88(103-70-25-16-7)82(76-85(79)100-67-22-13-4)94-91-97-92(95-83-77-86(101-68-23-14-5)80(74-89(83)104-71-26-17-8)65-62-59-56-53-50-47-44-41-38-35-32-29-20-11-2)99-93(98-91)96-84-78-87(102-69-24-15-6)81(75-90(84)105-72-27-18-9)66-63-60-57-54-51-48-45-42-39-36-33-30-21-12-3/h73-78H,10-72H2,1-9H3,(H3,94,95,96,97,98,99). The maximum Gasteiger partial charge on any atom is 0.233 e. The summed E-state index contributed by atoms with van der Waals surface area (Å²) in [6.07, 6.45) is 70.8. The third kappa shape index (κ3) is 44.2. The first-order valence-corrected chi connectivity index (χ1v) is 45.2. The first kappa shape index (κ1) is 92.3. The molecule has 0 atom stereocenters. The Labute approximate surface area is 646 Å². The van der Waals surface area contributed by atoms with Gasteiger partial charge in [-0.2, -0.15) is 15.0 Å². The second kappa shape index (κ2) is 64.8. The van der Waals surface area contributed by atoms with E-state index >= 15 is 0 Å². The highest BCUT2D eigenvalue weighted by Gasteiger charge is 2.21. The van der Waals surface area contributed by atoms with Crippen LogP contribution >= 0.6 is 0 Å². The minimum absolute atomic E-state index is 0.346. The van der Waals surface area contributed by atoms with E-state index in [-0.39, 0.29) is 0 Å². The van der Waals surface area contributed by atoms with E-state index in [0.29, 0.717) is 57.5 Å². The van der Waals surface area contributed by atoms with Crippen LogP contribution in [0.5, 0.6) is 34.5 Å². The van der Waals surface area contributed by atoms with E-state index in [0.717, 1.165) is 167 Å². The van der Waals surface area contributed by atoms with Crippen LogP contribution in [0.1, 0.15) is 426 Å². The average molecular weight is 1460 g/mol. The maximum absolute atomic E-state index is 6.78. The fraction of sp³-hybridized carbons (Fsp3) is 0.774. The van der Waals surface area contributed by atoms with Gasteiger partial charge in [-0.05, 0) is 112 Å². The topological polar surface area (TPSA) is 130 Å².